The summed E-state index contributed by atoms with van der Waals surface area (Å²) >= 11 is 0. The van der Waals surface area contributed by atoms with Crippen molar-refractivity contribution in [1.29, 1.82) is 0 Å². The Morgan fingerprint density at radius 1 is 0.906 bits per heavy atom. The lowest BCUT2D eigenvalue weighted by Crippen LogP contribution is -2.55. The third-order valence-corrected chi connectivity index (χ3v) is 16.4. The molecule has 0 aromatic heterocycles. The monoisotopic (exact) mass is 482 g/mol. The predicted molar refractivity (Wildman–Crippen MR) is 136 cm³/mol. The SMILES string of the molecule is CC(C)(C)[Si](C)(C)O[C@@H]([C@H]1O[C@@H]1CO)[C@@H](COCc1ccccc1)O[Si](C)(C)C(C)(C)C. The van der Waals surface area contributed by atoms with Crippen LogP contribution in [0.25, 0.3) is 0 Å². The van der Waals surface area contributed by atoms with Crippen molar-refractivity contribution >= 4 is 16.6 Å². The van der Waals surface area contributed by atoms with Gasteiger partial charge in [0.1, 0.15) is 18.3 Å². The number of benzene rings is 1. The average Bonchev–Trinajstić information content (AvgIpc) is 3.44. The summed E-state index contributed by atoms with van der Waals surface area (Å²) in [4.78, 5) is 0. The van der Waals surface area contributed by atoms with Gasteiger partial charge in [-0.15, -0.1) is 0 Å². The second-order valence-electron chi connectivity index (χ2n) is 12.1. The van der Waals surface area contributed by atoms with E-state index in [1.807, 2.05) is 18.2 Å². The van der Waals surface area contributed by atoms with Gasteiger partial charge in [0.25, 0.3) is 0 Å². The molecule has 1 heterocycles. The van der Waals surface area contributed by atoms with Gasteiger partial charge in [0.2, 0.25) is 0 Å². The first-order valence-electron chi connectivity index (χ1n) is 11.8. The molecule has 0 saturated carbocycles. The molecule has 32 heavy (non-hydrogen) atoms. The van der Waals surface area contributed by atoms with Crippen LogP contribution >= 0.6 is 0 Å². The Bertz CT molecular complexity index is 709. The maximum absolute atomic E-state index is 9.72. The Hall–Kier alpha value is -0.546. The van der Waals surface area contributed by atoms with Crippen molar-refractivity contribution < 1.29 is 23.4 Å². The lowest BCUT2D eigenvalue weighted by molar-refractivity contribution is -0.0387. The highest BCUT2D eigenvalue weighted by atomic mass is 28.4. The smallest absolute Gasteiger partial charge is 0.192 e. The van der Waals surface area contributed by atoms with Crippen molar-refractivity contribution in [2.75, 3.05) is 13.2 Å². The molecule has 1 aliphatic rings. The zero-order valence-electron chi connectivity index (χ0n) is 21.9. The van der Waals surface area contributed by atoms with Crippen LogP contribution in [0.15, 0.2) is 30.3 Å². The predicted octanol–water partition coefficient (Wildman–Crippen LogP) is 5.74. The zero-order valence-corrected chi connectivity index (χ0v) is 23.9. The highest BCUT2D eigenvalue weighted by Crippen LogP contribution is 2.43. The highest BCUT2D eigenvalue weighted by molar-refractivity contribution is 6.74. The van der Waals surface area contributed by atoms with E-state index in [9.17, 15) is 5.11 Å². The third kappa shape index (κ3) is 7.22. The lowest BCUT2D eigenvalue weighted by Gasteiger charge is -2.44. The molecule has 0 spiro atoms. The fourth-order valence-electron chi connectivity index (χ4n) is 3.08. The summed E-state index contributed by atoms with van der Waals surface area (Å²) in [5.74, 6) is 0. The van der Waals surface area contributed by atoms with Crippen LogP contribution < -0.4 is 0 Å². The molecule has 7 heteroatoms. The van der Waals surface area contributed by atoms with Gasteiger partial charge in [0, 0.05) is 0 Å². The fourth-order valence-corrected chi connectivity index (χ4v) is 5.71. The summed E-state index contributed by atoms with van der Waals surface area (Å²) < 4.78 is 25.8. The van der Waals surface area contributed by atoms with Crippen molar-refractivity contribution in [2.45, 2.75) is 109 Å². The number of aliphatic hydroxyl groups excluding tert-OH is 1. The van der Waals surface area contributed by atoms with E-state index in [0.717, 1.165) is 5.56 Å². The van der Waals surface area contributed by atoms with Crippen LogP contribution in [0.4, 0.5) is 0 Å². The Kier molecular flexibility index (Phi) is 8.98. The van der Waals surface area contributed by atoms with Crippen molar-refractivity contribution in [1.82, 2.24) is 0 Å². The van der Waals surface area contributed by atoms with Crippen LogP contribution in [0.1, 0.15) is 47.1 Å². The first kappa shape index (κ1) is 27.7. The van der Waals surface area contributed by atoms with Crippen molar-refractivity contribution in [2.24, 2.45) is 0 Å². The molecule has 1 fully saturated rings. The van der Waals surface area contributed by atoms with Crippen LogP contribution in [-0.4, -0.2) is 59.4 Å². The van der Waals surface area contributed by atoms with Crippen LogP contribution in [0.3, 0.4) is 0 Å². The van der Waals surface area contributed by atoms with Gasteiger partial charge >= 0.3 is 0 Å². The Balaban J connectivity index is 2.28. The van der Waals surface area contributed by atoms with Crippen LogP contribution in [0.2, 0.25) is 36.3 Å². The van der Waals surface area contributed by atoms with Crippen molar-refractivity contribution in [3.8, 4) is 0 Å². The largest absolute Gasteiger partial charge is 0.409 e. The van der Waals surface area contributed by atoms with Gasteiger partial charge in [-0.1, -0.05) is 71.9 Å². The molecule has 0 unspecified atom stereocenters. The number of epoxide rings is 1. The molecular weight excluding hydrogens is 436 g/mol. The van der Waals surface area contributed by atoms with Gasteiger partial charge in [-0.2, -0.15) is 0 Å². The minimum Gasteiger partial charge on any atom is -0.409 e. The third-order valence-electron chi connectivity index (χ3n) is 7.37. The summed E-state index contributed by atoms with van der Waals surface area (Å²) in [5, 5.41) is 9.84. The second-order valence-corrected chi connectivity index (χ2v) is 21.6. The minimum atomic E-state index is -2.10. The van der Waals surface area contributed by atoms with Gasteiger partial charge in [-0.3, -0.25) is 0 Å². The number of hydrogen-bond donors (Lipinski definition) is 1. The first-order chi connectivity index (χ1) is 14.6. The number of hydrogen-bond acceptors (Lipinski definition) is 5. The average molecular weight is 483 g/mol. The van der Waals surface area contributed by atoms with Crippen molar-refractivity contribution in [3.05, 3.63) is 35.9 Å². The standard InChI is InChI=1S/C25H46O5Si2/c1-24(2,3)31(7,8)29-21(18-27-17-19-14-12-11-13-15-19)23(22-20(16-26)28-22)30-32(9,10)25(4,5)6/h11-15,20-23,26H,16-18H2,1-10H3/t20-,21-,22+,23-/m1/s1. The van der Waals surface area contributed by atoms with E-state index in [2.05, 4.69) is 79.9 Å². The molecule has 1 aromatic rings. The van der Waals surface area contributed by atoms with E-state index in [1.165, 1.54) is 0 Å². The molecular formula is C25H46O5Si2. The molecule has 1 aliphatic heterocycles. The summed E-state index contributed by atoms with van der Waals surface area (Å²) in [6.45, 7) is 23.4. The van der Waals surface area contributed by atoms with Gasteiger partial charge in [-0.05, 0) is 41.8 Å². The topological polar surface area (TPSA) is 60.5 Å². The van der Waals surface area contributed by atoms with Crippen molar-refractivity contribution in [3.63, 3.8) is 0 Å². The maximum atomic E-state index is 9.72. The van der Waals surface area contributed by atoms with E-state index in [1.54, 1.807) is 0 Å². The Labute approximate surface area is 198 Å². The molecule has 1 saturated heterocycles. The molecule has 4 atom stereocenters. The molecule has 184 valence electrons. The van der Waals surface area contributed by atoms with E-state index in [4.69, 9.17) is 18.3 Å². The number of rotatable bonds is 11. The number of aliphatic hydroxyl groups is 1. The second kappa shape index (κ2) is 10.4. The van der Waals surface area contributed by atoms with Crippen LogP contribution in [0.5, 0.6) is 0 Å². The molecule has 5 nitrogen and oxygen atoms in total. The van der Waals surface area contributed by atoms with Crippen LogP contribution in [-0.2, 0) is 24.9 Å². The summed E-state index contributed by atoms with van der Waals surface area (Å²) in [6, 6.07) is 10.2. The molecule has 1 N–H and O–H groups in total. The normalized spacial score (nSPS) is 22.0. The highest BCUT2D eigenvalue weighted by Gasteiger charge is 2.53. The molecule has 2 rings (SSSR count). The van der Waals surface area contributed by atoms with Gasteiger partial charge in [-0.25, -0.2) is 0 Å². The molecule has 0 amide bonds. The summed E-state index contributed by atoms with van der Waals surface area (Å²) in [6.07, 6.45) is -0.873. The van der Waals surface area contributed by atoms with E-state index in [0.29, 0.717) is 13.2 Å². The van der Waals surface area contributed by atoms with E-state index < -0.39 is 16.6 Å². The van der Waals surface area contributed by atoms with Gasteiger partial charge < -0.3 is 23.4 Å². The number of ether oxygens (including phenoxy) is 2. The Morgan fingerprint density at radius 3 is 1.91 bits per heavy atom. The quantitative estimate of drug-likeness (QED) is 0.322. The summed E-state index contributed by atoms with van der Waals surface area (Å²) in [7, 11) is -4.20. The van der Waals surface area contributed by atoms with E-state index >= 15 is 0 Å². The summed E-state index contributed by atoms with van der Waals surface area (Å²) in [5.41, 5.74) is 1.14. The molecule has 0 radical (unpaired) electrons. The Morgan fingerprint density at radius 2 is 1.44 bits per heavy atom. The molecule has 0 bridgehead atoms. The maximum Gasteiger partial charge on any atom is 0.192 e. The zero-order chi connectivity index (χ0) is 24.4. The molecule has 1 aromatic carbocycles. The minimum absolute atomic E-state index is 0.000284. The van der Waals surface area contributed by atoms with Crippen LogP contribution in [0, 0.1) is 0 Å². The molecule has 0 aliphatic carbocycles. The lowest BCUT2D eigenvalue weighted by atomic mass is 10.1. The van der Waals surface area contributed by atoms with E-state index in [-0.39, 0.29) is 41.1 Å². The fraction of sp³-hybridized carbons (Fsp3) is 0.760. The van der Waals surface area contributed by atoms with Gasteiger partial charge in [0.15, 0.2) is 16.6 Å². The van der Waals surface area contributed by atoms with Gasteiger partial charge in [0.05, 0.1) is 25.9 Å². The first-order valence-corrected chi connectivity index (χ1v) is 17.6.